The van der Waals surface area contributed by atoms with Crippen molar-refractivity contribution in [1.29, 1.82) is 0 Å². The van der Waals surface area contributed by atoms with E-state index >= 15 is 0 Å². The van der Waals surface area contributed by atoms with Crippen molar-refractivity contribution in [3.05, 3.63) is 69.6 Å². The summed E-state index contributed by atoms with van der Waals surface area (Å²) in [5, 5.41) is 0. The number of benzene rings is 1. The lowest BCUT2D eigenvalue weighted by Crippen LogP contribution is -2.41. The quantitative estimate of drug-likeness (QED) is 0.883. The molecule has 2 heterocycles. The standard InChI is InChI=1S/C18H20F2N2O2/c19-17(20)12-24-11-15-18-14(21-8-6-16(18)23)7-9-22(15)10-13-4-2-1-3-5-13/h1-6,8,15,17H,7,9-12H2,(H,21,23). The second-order valence-corrected chi connectivity index (χ2v) is 5.88. The molecule has 0 aliphatic carbocycles. The molecule has 0 spiro atoms. The van der Waals surface area contributed by atoms with Crippen LogP contribution >= 0.6 is 0 Å². The lowest BCUT2D eigenvalue weighted by molar-refractivity contribution is -0.0127. The number of H-pyrrole nitrogens is 1. The number of alkyl halides is 2. The number of nitrogens with zero attached hydrogens (tertiary/aromatic N) is 1. The van der Waals surface area contributed by atoms with Gasteiger partial charge in [0.25, 0.3) is 6.43 Å². The summed E-state index contributed by atoms with van der Waals surface area (Å²) in [6.45, 7) is 0.856. The van der Waals surface area contributed by atoms with E-state index in [-0.39, 0.29) is 18.1 Å². The van der Waals surface area contributed by atoms with Crippen molar-refractivity contribution in [3.8, 4) is 0 Å². The highest BCUT2D eigenvalue weighted by molar-refractivity contribution is 5.27. The van der Waals surface area contributed by atoms with E-state index < -0.39 is 13.0 Å². The average Bonchev–Trinajstić information content (AvgIpc) is 2.57. The Morgan fingerprint density at radius 1 is 1.25 bits per heavy atom. The Labute approximate surface area is 139 Å². The molecule has 6 heteroatoms. The van der Waals surface area contributed by atoms with Crippen LogP contribution in [-0.4, -0.2) is 36.1 Å². The van der Waals surface area contributed by atoms with Crippen molar-refractivity contribution in [1.82, 2.24) is 9.88 Å². The molecule has 1 aromatic heterocycles. The molecule has 24 heavy (non-hydrogen) atoms. The van der Waals surface area contributed by atoms with Crippen molar-refractivity contribution >= 4 is 0 Å². The van der Waals surface area contributed by atoms with Crippen LogP contribution in [0.4, 0.5) is 8.78 Å². The number of nitrogens with one attached hydrogen (secondary N) is 1. The van der Waals surface area contributed by atoms with Gasteiger partial charge in [0, 0.05) is 43.0 Å². The lowest BCUT2D eigenvalue weighted by Gasteiger charge is -2.36. The minimum Gasteiger partial charge on any atom is -0.374 e. The third-order valence-electron chi connectivity index (χ3n) is 4.25. The minimum atomic E-state index is -2.51. The SMILES string of the molecule is O=c1cc[nH]c2c1C(COCC(F)F)N(Cc1ccccc1)CC2. The first-order valence-electron chi connectivity index (χ1n) is 7.99. The Bertz CT molecular complexity index is 718. The van der Waals surface area contributed by atoms with E-state index in [0.29, 0.717) is 12.1 Å². The molecule has 1 atom stereocenters. The molecule has 1 aliphatic heterocycles. The molecule has 0 fully saturated rings. The van der Waals surface area contributed by atoms with E-state index in [4.69, 9.17) is 4.74 Å². The van der Waals surface area contributed by atoms with Gasteiger partial charge in [0.2, 0.25) is 0 Å². The van der Waals surface area contributed by atoms with Crippen molar-refractivity contribution < 1.29 is 13.5 Å². The maximum Gasteiger partial charge on any atom is 0.261 e. The van der Waals surface area contributed by atoms with Crippen LogP contribution in [0.15, 0.2) is 47.4 Å². The molecule has 3 rings (SSSR count). The summed E-state index contributed by atoms with van der Waals surface area (Å²) in [5.41, 5.74) is 2.55. The Morgan fingerprint density at radius 2 is 2.04 bits per heavy atom. The summed E-state index contributed by atoms with van der Waals surface area (Å²) < 4.78 is 30.0. The maximum absolute atomic E-state index is 12.4. The monoisotopic (exact) mass is 334 g/mol. The van der Waals surface area contributed by atoms with E-state index in [0.717, 1.165) is 24.2 Å². The number of aromatic nitrogens is 1. The van der Waals surface area contributed by atoms with Crippen molar-refractivity contribution in [3.63, 3.8) is 0 Å². The van der Waals surface area contributed by atoms with Crippen LogP contribution in [0.3, 0.4) is 0 Å². The number of fused-ring (bicyclic) bond motifs is 1. The maximum atomic E-state index is 12.4. The molecule has 1 aliphatic rings. The summed E-state index contributed by atoms with van der Waals surface area (Å²) in [6, 6.07) is 11.1. The van der Waals surface area contributed by atoms with Gasteiger partial charge < -0.3 is 9.72 Å². The van der Waals surface area contributed by atoms with E-state index in [1.165, 1.54) is 6.07 Å². The van der Waals surface area contributed by atoms with Crippen LogP contribution in [0.2, 0.25) is 0 Å². The second-order valence-electron chi connectivity index (χ2n) is 5.88. The van der Waals surface area contributed by atoms with Crippen molar-refractivity contribution in [2.24, 2.45) is 0 Å². The topological polar surface area (TPSA) is 45.3 Å². The molecular formula is C18H20F2N2O2. The van der Waals surface area contributed by atoms with Crippen molar-refractivity contribution in [2.75, 3.05) is 19.8 Å². The largest absolute Gasteiger partial charge is 0.374 e. The van der Waals surface area contributed by atoms with Crippen LogP contribution in [-0.2, 0) is 17.7 Å². The van der Waals surface area contributed by atoms with Crippen LogP contribution in [0.25, 0.3) is 0 Å². The van der Waals surface area contributed by atoms with Gasteiger partial charge >= 0.3 is 0 Å². The third-order valence-corrected chi connectivity index (χ3v) is 4.25. The van der Waals surface area contributed by atoms with Gasteiger partial charge in [-0.25, -0.2) is 8.78 Å². The van der Waals surface area contributed by atoms with E-state index in [1.54, 1.807) is 6.20 Å². The summed E-state index contributed by atoms with van der Waals surface area (Å²) >= 11 is 0. The Morgan fingerprint density at radius 3 is 2.79 bits per heavy atom. The molecule has 0 bridgehead atoms. The summed E-state index contributed by atoms with van der Waals surface area (Å²) in [5.74, 6) is 0. The average molecular weight is 334 g/mol. The highest BCUT2D eigenvalue weighted by Crippen LogP contribution is 2.28. The first-order valence-corrected chi connectivity index (χ1v) is 7.99. The highest BCUT2D eigenvalue weighted by atomic mass is 19.3. The number of aromatic amines is 1. The summed E-state index contributed by atoms with van der Waals surface area (Å²) in [4.78, 5) is 17.6. The predicted octanol–water partition coefficient (Wildman–Crippen LogP) is 2.76. The summed E-state index contributed by atoms with van der Waals surface area (Å²) in [7, 11) is 0. The Kier molecular flexibility index (Phi) is 5.37. The predicted molar refractivity (Wildman–Crippen MR) is 87.2 cm³/mol. The zero-order chi connectivity index (χ0) is 16.9. The fourth-order valence-corrected chi connectivity index (χ4v) is 3.16. The van der Waals surface area contributed by atoms with E-state index in [2.05, 4.69) is 9.88 Å². The molecule has 0 amide bonds. The summed E-state index contributed by atoms with van der Waals surface area (Å²) in [6.07, 6.45) is -0.154. The van der Waals surface area contributed by atoms with E-state index in [9.17, 15) is 13.6 Å². The van der Waals surface area contributed by atoms with Crippen LogP contribution in [0.5, 0.6) is 0 Å². The Balaban J connectivity index is 1.84. The number of rotatable bonds is 6. The van der Waals surface area contributed by atoms with Gasteiger partial charge in [-0.05, 0) is 5.56 Å². The number of ether oxygens (including phenoxy) is 1. The van der Waals surface area contributed by atoms with Gasteiger partial charge in [0.15, 0.2) is 5.43 Å². The fourth-order valence-electron chi connectivity index (χ4n) is 3.16. The molecule has 0 saturated heterocycles. The molecule has 0 radical (unpaired) electrons. The molecule has 2 aromatic rings. The van der Waals surface area contributed by atoms with Crippen LogP contribution in [0, 0.1) is 0 Å². The zero-order valence-corrected chi connectivity index (χ0v) is 13.3. The van der Waals surface area contributed by atoms with Gasteiger partial charge in [0.1, 0.15) is 6.61 Å². The van der Waals surface area contributed by atoms with Gasteiger partial charge in [0.05, 0.1) is 12.6 Å². The molecule has 1 unspecified atom stereocenters. The molecule has 1 N–H and O–H groups in total. The smallest absolute Gasteiger partial charge is 0.261 e. The first kappa shape index (κ1) is 16.8. The molecule has 1 aromatic carbocycles. The molecule has 4 nitrogen and oxygen atoms in total. The molecule has 0 saturated carbocycles. The second kappa shape index (κ2) is 7.68. The first-order chi connectivity index (χ1) is 11.6. The van der Waals surface area contributed by atoms with Gasteiger partial charge in [-0.1, -0.05) is 30.3 Å². The van der Waals surface area contributed by atoms with Crippen LogP contribution in [0.1, 0.15) is 22.9 Å². The number of halogens is 2. The number of pyridine rings is 1. The molecule has 128 valence electrons. The highest BCUT2D eigenvalue weighted by Gasteiger charge is 2.30. The van der Waals surface area contributed by atoms with Crippen molar-refractivity contribution in [2.45, 2.75) is 25.4 Å². The Hall–Kier alpha value is -2.05. The number of hydrogen-bond donors (Lipinski definition) is 1. The normalized spacial score (nSPS) is 17.9. The zero-order valence-electron chi connectivity index (χ0n) is 13.3. The van der Waals surface area contributed by atoms with Crippen LogP contribution < -0.4 is 5.43 Å². The van der Waals surface area contributed by atoms with Gasteiger partial charge in [-0.3, -0.25) is 9.69 Å². The third kappa shape index (κ3) is 3.88. The lowest BCUT2D eigenvalue weighted by atomic mass is 9.96. The van der Waals surface area contributed by atoms with Gasteiger partial charge in [-0.2, -0.15) is 0 Å². The van der Waals surface area contributed by atoms with E-state index in [1.807, 2.05) is 30.3 Å². The minimum absolute atomic E-state index is 0.0767. The fraction of sp³-hybridized carbons (Fsp3) is 0.389. The van der Waals surface area contributed by atoms with Gasteiger partial charge in [-0.15, -0.1) is 0 Å². The molecular weight excluding hydrogens is 314 g/mol. The number of hydrogen-bond acceptors (Lipinski definition) is 3.